The van der Waals surface area contributed by atoms with Crippen LogP contribution >= 0.6 is 0 Å². The summed E-state index contributed by atoms with van der Waals surface area (Å²) in [5.41, 5.74) is 0.187. The van der Waals surface area contributed by atoms with Gasteiger partial charge in [0.2, 0.25) is 0 Å². The molecular weight excluding hydrogens is 366 g/mol. The van der Waals surface area contributed by atoms with E-state index in [2.05, 4.69) is 19.6 Å². The lowest BCUT2D eigenvalue weighted by molar-refractivity contribution is -0.141. The molecule has 0 fully saturated rings. The Labute approximate surface area is 160 Å². The molecule has 8 heteroatoms. The quantitative estimate of drug-likeness (QED) is 0.394. The third-order valence-corrected chi connectivity index (χ3v) is 5.90. The van der Waals surface area contributed by atoms with Gasteiger partial charge < -0.3 is 24.2 Å². The summed E-state index contributed by atoms with van der Waals surface area (Å²) in [6.07, 6.45) is 3.42. The topological polar surface area (TPSA) is 85.3 Å². The lowest BCUT2D eigenvalue weighted by Gasteiger charge is -2.23. The number of carboxylic acid groups (broad SMARTS) is 1. The monoisotopic (exact) mass is 393 g/mol. The molecule has 148 valence electrons. The van der Waals surface area contributed by atoms with Gasteiger partial charge in [-0.1, -0.05) is 31.8 Å². The lowest BCUT2D eigenvalue weighted by Crippen LogP contribution is -2.38. The van der Waals surface area contributed by atoms with E-state index in [1.807, 2.05) is 0 Å². The minimum absolute atomic E-state index is 0.0100. The van der Waals surface area contributed by atoms with E-state index in [1.54, 1.807) is 24.3 Å². The molecule has 1 N–H and O–H groups in total. The number of amides is 1. The summed E-state index contributed by atoms with van der Waals surface area (Å²) >= 11 is 0. The summed E-state index contributed by atoms with van der Waals surface area (Å²) in [7, 11) is 0.262. The van der Waals surface area contributed by atoms with Crippen molar-refractivity contribution < 1.29 is 28.9 Å². The van der Waals surface area contributed by atoms with Crippen molar-refractivity contribution in [2.24, 2.45) is 0 Å². The number of nitrogens with zero attached hydrogens (tertiary/aromatic N) is 1. The maximum absolute atomic E-state index is 13.0. The van der Waals surface area contributed by atoms with Gasteiger partial charge in [-0.25, -0.2) is 4.79 Å². The summed E-state index contributed by atoms with van der Waals surface area (Å²) in [6, 6.07) is 5.08. The second kappa shape index (κ2) is 9.05. The van der Waals surface area contributed by atoms with Crippen LogP contribution in [0.2, 0.25) is 25.7 Å². The third kappa shape index (κ3) is 5.57. The van der Waals surface area contributed by atoms with Gasteiger partial charge in [-0.2, -0.15) is 0 Å². The van der Waals surface area contributed by atoms with Crippen LogP contribution in [-0.4, -0.2) is 56.5 Å². The van der Waals surface area contributed by atoms with Crippen LogP contribution < -0.4 is 9.47 Å². The number of rotatable bonds is 9. The Morgan fingerprint density at radius 3 is 2.59 bits per heavy atom. The molecule has 1 aliphatic heterocycles. The minimum Gasteiger partial charge on any atom is -0.496 e. The number of hydrogen-bond donors (Lipinski definition) is 1. The van der Waals surface area contributed by atoms with Crippen molar-refractivity contribution in [3.05, 3.63) is 36.0 Å². The van der Waals surface area contributed by atoms with E-state index < -0.39 is 26.0 Å². The van der Waals surface area contributed by atoms with Crippen molar-refractivity contribution >= 4 is 20.0 Å². The van der Waals surface area contributed by atoms with E-state index >= 15 is 0 Å². The molecule has 27 heavy (non-hydrogen) atoms. The van der Waals surface area contributed by atoms with Crippen molar-refractivity contribution in [3.63, 3.8) is 0 Å². The normalized spacial score (nSPS) is 16.4. The van der Waals surface area contributed by atoms with Crippen LogP contribution in [0.25, 0.3) is 0 Å². The minimum atomic E-state index is -1.19. The Kier molecular flexibility index (Phi) is 7.03. The van der Waals surface area contributed by atoms with Crippen LogP contribution in [-0.2, 0) is 9.53 Å². The van der Waals surface area contributed by atoms with Crippen LogP contribution in [0.4, 0.5) is 0 Å². The maximum atomic E-state index is 13.0. The highest BCUT2D eigenvalue weighted by atomic mass is 28.3. The molecule has 0 bridgehead atoms. The Balaban J connectivity index is 2.14. The molecule has 2 rings (SSSR count). The van der Waals surface area contributed by atoms with Crippen molar-refractivity contribution in [1.29, 1.82) is 0 Å². The fourth-order valence-corrected chi connectivity index (χ4v) is 3.39. The average molecular weight is 394 g/mol. The first-order valence-electron chi connectivity index (χ1n) is 8.84. The predicted octanol–water partition coefficient (Wildman–Crippen LogP) is 3.20. The molecule has 0 unspecified atom stereocenters. The van der Waals surface area contributed by atoms with Crippen LogP contribution in [0.5, 0.6) is 11.5 Å². The summed E-state index contributed by atoms with van der Waals surface area (Å²) in [6.45, 7) is 7.39. The molecular formula is C19H27NO6Si. The second-order valence-electron chi connectivity index (χ2n) is 7.50. The first-order valence-corrected chi connectivity index (χ1v) is 12.5. The molecule has 0 radical (unpaired) electrons. The molecule has 1 aliphatic rings. The smallest absolute Gasteiger partial charge is 0.327 e. The number of hydrogen-bond acceptors (Lipinski definition) is 5. The van der Waals surface area contributed by atoms with Crippen molar-refractivity contribution in [3.8, 4) is 11.5 Å². The standard InChI is InChI=1S/C19H27NO6Si/c1-24-15-8-5-9-16(26-13-25-11-12-27(2,3)4)17(15)18(21)20-10-6-7-14(20)19(22)23/h5-6,8-10,14H,7,11-13H2,1-4H3,(H,22,23)/t14-/m0/s1. The van der Waals surface area contributed by atoms with Crippen LogP contribution in [0.3, 0.4) is 0 Å². The molecule has 0 aliphatic carbocycles. The lowest BCUT2D eigenvalue weighted by atomic mass is 10.1. The zero-order valence-electron chi connectivity index (χ0n) is 16.2. The summed E-state index contributed by atoms with van der Waals surface area (Å²) in [5, 5.41) is 9.33. The number of carbonyl (C=O) groups excluding carboxylic acids is 1. The number of benzene rings is 1. The summed E-state index contributed by atoms with van der Waals surface area (Å²) in [5.74, 6) is -0.910. The van der Waals surface area contributed by atoms with E-state index in [-0.39, 0.29) is 18.8 Å². The largest absolute Gasteiger partial charge is 0.496 e. The molecule has 0 aromatic heterocycles. The van der Waals surface area contributed by atoms with Crippen LogP contribution in [0, 0.1) is 0 Å². The third-order valence-electron chi connectivity index (χ3n) is 4.20. The zero-order valence-corrected chi connectivity index (χ0v) is 17.2. The zero-order chi connectivity index (χ0) is 20.0. The fourth-order valence-electron chi connectivity index (χ4n) is 2.63. The van der Waals surface area contributed by atoms with E-state index in [9.17, 15) is 14.7 Å². The number of carboxylic acids is 1. The Morgan fingerprint density at radius 2 is 1.96 bits per heavy atom. The second-order valence-corrected chi connectivity index (χ2v) is 13.1. The summed E-state index contributed by atoms with van der Waals surface area (Å²) in [4.78, 5) is 25.6. The molecule has 7 nitrogen and oxygen atoms in total. The van der Waals surface area contributed by atoms with E-state index in [0.29, 0.717) is 18.1 Å². The number of ether oxygens (including phenoxy) is 3. The first-order chi connectivity index (χ1) is 12.7. The predicted molar refractivity (Wildman–Crippen MR) is 104 cm³/mol. The maximum Gasteiger partial charge on any atom is 0.327 e. The summed E-state index contributed by atoms with van der Waals surface area (Å²) < 4.78 is 16.5. The highest BCUT2D eigenvalue weighted by Crippen LogP contribution is 2.32. The van der Waals surface area contributed by atoms with Gasteiger partial charge in [0, 0.05) is 20.9 Å². The van der Waals surface area contributed by atoms with Gasteiger partial charge in [-0.15, -0.1) is 0 Å². The molecule has 1 amide bonds. The van der Waals surface area contributed by atoms with Crippen molar-refractivity contribution in [2.75, 3.05) is 20.5 Å². The van der Waals surface area contributed by atoms with Crippen molar-refractivity contribution in [1.82, 2.24) is 4.90 Å². The Morgan fingerprint density at radius 1 is 1.26 bits per heavy atom. The Bertz CT molecular complexity index is 713. The number of aliphatic carboxylic acids is 1. The molecule has 0 saturated heterocycles. The van der Waals surface area contributed by atoms with Gasteiger partial charge in [0.05, 0.1) is 7.11 Å². The van der Waals surface area contributed by atoms with Gasteiger partial charge in [0.1, 0.15) is 23.1 Å². The molecule has 1 aromatic rings. The highest BCUT2D eigenvalue weighted by molar-refractivity contribution is 6.76. The van der Waals surface area contributed by atoms with Crippen LogP contribution in [0.1, 0.15) is 16.8 Å². The van der Waals surface area contributed by atoms with Crippen molar-refractivity contribution in [2.45, 2.75) is 38.1 Å². The number of methoxy groups -OCH3 is 1. The highest BCUT2D eigenvalue weighted by Gasteiger charge is 2.34. The molecule has 0 spiro atoms. The molecule has 1 aromatic carbocycles. The van der Waals surface area contributed by atoms with E-state index in [4.69, 9.17) is 14.2 Å². The fraction of sp³-hybridized carbons (Fsp3) is 0.474. The van der Waals surface area contributed by atoms with E-state index in [0.717, 1.165) is 6.04 Å². The average Bonchev–Trinajstić information content (AvgIpc) is 3.09. The molecule has 1 atom stereocenters. The van der Waals surface area contributed by atoms with Gasteiger partial charge >= 0.3 is 5.97 Å². The molecule has 0 saturated carbocycles. The first kappa shape index (κ1) is 21.0. The van der Waals surface area contributed by atoms with Gasteiger partial charge in [-0.05, 0) is 24.6 Å². The number of carbonyl (C=O) groups is 2. The van der Waals surface area contributed by atoms with Gasteiger partial charge in [0.25, 0.3) is 5.91 Å². The van der Waals surface area contributed by atoms with Gasteiger partial charge in [0.15, 0.2) is 6.79 Å². The van der Waals surface area contributed by atoms with E-state index in [1.165, 1.54) is 18.2 Å². The van der Waals surface area contributed by atoms with Crippen LogP contribution in [0.15, 0.2) is 30.5 Å². The SMILES string of the molecule is COc1cccc(OCOCC[Si](C)(C)C)c1C(=O)N1C=CC[C@H]1C(=O)O. The molecule has 1 heterocycles. The van der Waals surface area contributed by atoms with Gasteiger partial charge in [-0.3, -0.25) is 4.79 Å². The Hall–Kier alpha value is -2.32.